The molecule has 3 aliphatic rings. The van der Waals surface area contributed by atoms with Crippen molar-refractivity contribution in [2.45, 2.75) is 83.0 Å². The van der Waals surface area contributed by atoms with E-state index in [0.717, 1.165) is 34.9 Å². The predicted molar refractivity (Wildman–Crippen MR) is 129 cm³/mol. The van der Waals surface area contributed by atoms with Crippen LogP contribution in [0.4, 0.5) is 26.3 Å². The molecular formula is C27H30F6N2O6. The van der Waals surface area contributed by atoms with Crippen molar-refractivity contribution in [3.05, 3.63) is 34.9 Å². The largest absolute Gasteiger partial charge is 0.471 e. The number of halogens is 6. The molecule has 1 unspecified atom stereocenters. The lowest BCUT2D eigenvalue weighted by Crippen LogP contribution is -2.55. The molecule has 2 amide bonds. The SMILES string of the molecule is CC(=O)O[C@H](C)[C@]1(C(=O)N2CC(=O)c3ccc(C(F)(F)F)cc3C2)CCC(N(C(=O)C(F)(F)F)C2CCOCC2)C1. The molecule has 2 fully saturated rings. The van der Waals surface area contributed by atoms with Crippen molar-refractivity contribution in [1.29, 1.82) is 0 Å². The summed E-state index contributed by atoms with van der Waals surface area (Å²) in [5.74, 6) is -4.14. The summed E-state index contributed by atoms with van der Waals surface area (Å²) in [4.78, 5) is 53.3. The van der Waals surface area contributed by atoms with Gasteiger partial charge in [-0.1, -0.05) is 6.07 Å². The van der Waals surface area contributed by atoms with E-state index in [0.29, 0.717) is 0 Å². The van der Waals surface area contributed by atoms with Gasteiger partial charge >= 0.3 is 24.2 Å². The number of fused-ring (bicyclic) bond motifs is 1. The topological polar surface area (TPSA) is 93.2 Å². The first-order chi connectivity index (χ1) is 19.0. The maximum absolute atomic E-state index is 14.1. The second-order valence-corrected chi connectivity index (χ2v) is 10.8. The standard InChI is InChI=1S/C27H30F6N2O6/c1-15(41-16(2)36)25(8-5-20(12-25)35(24(39)27(31,32)33)19-6-9-40-10-7-19)23(38)34-13-17-11-18(26(28,29)30)3-4-21(17)22(37)14-34/h3-4,11,15,19-20H,5-10,12-14H2,1-2H3/t15-,20?,25+/m1/s1. The van der Waals surface area contributed by atoms with E-state index in [9.17, 15) is 45.5 Å². The van der Waals surface area contributed by atoms with Gasteiger partial charge in [-0.15, -0.1) is 0 Å². The van der Waals surface area contributed by atoms with Gasteiger partial charge in [0.25, 0.3) is 0 Å². The normalized spacial score (nSPS) is 24.5. The molecular weight excluding hydrogens is 562 g/mol. The van der Waals surface area contributed by atoms with Gasteiger partial charge in [-0.3, -0.25) is 19.2 Å². The zero-order valence-corrected chi connectivity index (χ0v) is 22.4. The molecule has 1 aromatic rings. The molecule has 0 N–H and O–H groups in total. The number of carbonyl (C=O) groups is 4. The second-order valence-electron chi connectivity index (χ2n) is 10.8. The van der Waals surface area contributed by atoms with Crippen LogP contribution in [-0.2, 0) is 36.6 Å². The molecule has 8 nitrogen and oxygen atoms in total. The van der Waals surface area contributed by atoms with Gasteiger partial charge in [-0.2, -0.15) is 26.3 Å². The molecule has 14 heteroatoms. The monoisotopic (exact) mass is 592 g/mol. The fraction of sp³-hybridized carbons (Fsp3) is 0.630. The summed E-state index contributed by atoms with van der Waals surface area (Å²) in [5, 5.41) is 0. The number of nitrogens with zero attached hydrogens (tertiary/aromatic N) is 2. The number of carbonyl (C=O) groups excluding carboxylic acids is 4. The Morgan fingerprint density at radius 1 is 1.05 bits per heavy atom. The number of benzene rings is 1. The lowest BCUT2D eigenvalue weighted by atomic mass is 9.78. The average molecular weight is 593 g/mol. The molecule has 1 aliphatic carbocycles. The third-order valence-electron chi connectivity index (χ3n) is 8.24. The molecule has 1 saturated carbocycles. The number of hydrogen-bond donors (Lipinski definition) is 0. The molecule has 0 aromatic heterocycles. The summed E-state index contributed by atoms with van der Waals surface area (Å²) < 4.78 is 91.7. The van der Waals surface area contributed by atoms with Gasteiger partial charge in [-0.25, -0.2) is 0 Å². The fourth-order valence-electron chi connectivity index (χ4n) is 6.28. The smallest absolute Gasteiger partial charge is 0.462 e. The van der Waals surface area contributed by atoms with E-state index in [1.165, 1.54) is 6.92 Å². The Balaban J connectivity index is 1.68. The van der Waals surface area contributed by atoms with E-state index in [1.54, 1.807) is 0 Å². The predicted octanol–water partition coefficient (Wildman–Crippen LogP) is 4.29. The average Bonchev–Trinajstić information content (AvgIpc) is 3.33. The van der Waals surface area contributed by atoms with E-state index in [-0.39, 0.29) is 63.0 Å². The zero-order valence-electron chi connectivity index (χ0n) is 22.4. The molecule has 3 atom stereocenters. The first-order valence-electron chi connectivity index (χ1n) is 13.2. The lowest BCUT2D eigenvalue weighted by Gasteiger charge is -2.42. The van der Waals surface area contributed by atoms with Crippen LogP contribution < -0.4 is 0 Å². The van der Waals surface area contributed by atoms with E-state index >= 15 is 0 Å². The van der Waals surface area contributed by atoms with E-state index in [4.69, 9.17) is 9.47 Å². The van der Waals surface area contributed by atoms with Crippen LogP contribution in [0.1, 0.15) is 67.4 Å². The minimum atomic E-state index is -5.17. The first kappa shape index (κ1) is 30.8. The van der Waals surface area contributed by atoms with Crippen molar-refractivity contribution >= 4 is 23.6 Å². The lowest BCUT2D eigenvalue weighted by molar-refractivity contribution is -0.192. The van der Waals surface area contributed by atoms with Gasteiger partial charge in [-0.05, 0) is 56.7 Å². The zero-order chi connectivity index (χ0) is 30.3. The minimum Gasteiger partial charge on any atom is -0.462 e. The number of hydrogen-bond acceptors (Lipinski definition) is 6. The van der Waals surface area contributed by atoms with Crippen molar-refractivity contribution in [3.8, 4) is 0 Å². The minimum absolute atomic E-state index is 0.0207. The Morgan fingerprint density at radius 2 is 1.71 bits per heavy atom. The van der Waals surface area contributed by atoms with Crippen LogP contribution in [-0.4, -0.2) is 77.5 Å². The van der Waals surface area contributed by atoms with Crippen LogP contribution in [0.25, 0.3) is 0 Å². The maximum atomic E-state index is 14.1. The van der Waals surface area contributed by atoms with Crippen LogP contribution in [0.3, 0.4) is 0 Å². The molecule has 0 radical (unpaired) electrons. The highest BCUT2D eigenvalue weighted by atomic mass is 19.4. The summed E-state index contributed by atoms with van der Waals surface area (Å²) in [6.45, 7) is 2.00. The van der Waals surface area contributed by atoms with Crippen molar-refractivity contribution in [2.24, 2.45) is 5.41 Å². The van der Waals surface area contributed by atoms with Crippen molar-refractivity contribution in [1.82, 2.24) is 9.80 Å². The Labute approximate surface area is 231 Å². The van der Waals surface area contributed by atoms with Crippen LogP contribution in [0.5, 0.6) is 0 Å². The Hall–Kier alpha value is -3.16. The van der Waals surface area contributed by atoms with E-state index < -0.39 is 71.6 Å². The number of amides is 2. The molecule has 41 heavy (non-hydrogen) atoms. The summed E-state index contributed by atoms with van der Waals surface area (Å²) in [5.41, 5.74) is -2.61. The number of ketones is 1. The quantitative estimate of drug-likeness (QED) is 0.374. The van der Waals surface area contributed by atoms with Crippen LogP contribution in [0.2, 0.25) is 0 Å². The molecule has 2 aliphatic heterocycles. The van der Waals surface area contributed by atoms with Crippen LogP contribution >= 0.6 is 0 Å². The van der Waals surface area contributed by atoms with Gasteiger partial charge in [0, 0.05) is 44.3 Å². The van der Waals surface area contributed by atoms with Gasteiger partial charge in [0.15, 0.2) is 5.78 Å². The third kappa shape index (κ3) is 6.21. The summed E-state index contributed by atoms with van der Waals surface area (Å²) in [6.07, 6.45) is -11.1. The highest BCUT2D eigenvalue weighted by Gasteiger charge is 2.57. The van der Waals surface area contributed by atoms with Gasteiger partial charge in [0.1, 0.15) is 6.10 Å². The van der Waals surface area contributed by atoms with Crippen LogP contribution in [0, 0.1) is 5.41 Å². The van der Waals surface area contributed by atoms with Crippen molar-refractivity contribution < 1.29 is 55.0 Å². The third-order valence-corrected chi connectivity index (χ3v) is 8.24. The fourth-order valence-corrected chi connectivity index (χ4v) is 6.28. The molecule has 1 saturated heterocycles. The highest BCUT2D eigenvalue weighted by Crippen LogP contribution is 2.48. The Bertz CT molecular complexity index is 1210. The summed E-state index contributed by atoms with van der Waals surface area (Å²) in [6, 6.07) is 0.796. The maximum Gasteiger partial charge on any atom is 0.471 e. The van der Waals surface area contributed by atoms with Crippen molar-refractivity contribution in [3.63, 3.8) is 0 Å². The number of esters is 1. The molecule has 226 valence electrons. The Morgan fingerprint density at radius 3 is 2.29 bits per heavy atom. The van der Waals surface area contributed by atoms with Gasteiger partial charge in [0.2, 0.25) is 5.91 Å². The molecule has 1 aromatic carbocycles. The summed E-state index contributed by atoms with van der Waals surface area (Å²) in [7, 11) is 0. The summed E-state index contributed by atoms with van der Waals surface area (Å²) >= 11 is 0. The number of rotatable bonds is 5. The Kier molecular flexibility index (Phi) is 8.45. The second kappa shape index (κ2) is 11.3. The molecule has 2 heterocycles. The first-order valence-corrected chi connectivity index (χ1v) is 13.2. The molecule has 0 spiro atoms. The van der Waals surface area contributed by atoms with Crippen LogP contribution in [0.15, 0.2) is 18.2 Å². The number of alkyl halides is 6. The highest BCUT2D eigenvalue weighted by molar-refractivity contribution is 6.02. The van der Waals surface area contributed by atoms with Gasteiger partial charge < -0.3 is 19.3 Å². The number of Topliss-reactive ketones (excluding diaryl/α,β-unsaturated/α-hetero) is 1. The number of ether oxygens (including phenoxy) is 2. The van der Waals surface area contributed by atoms with E-state index in [2.05, 4.69) is 0 Å². The van der Waals surface area contributed by atoms with E-state index in [1.807, 2.05) is 0 Å². The van der Waals surface area contributed by atoms with Gasteiger partial charge in [0.05, 0.1) is 17.5 Å². The molecule has 4 rings (SSSR count). The molecule has 0 bridgehead atoms. The van der Waals surface area contributed by atoms with Crippen molar-refractivity contribution in [2.75, 3.05) is 19.8 Å².